The SMILES string of the molecule is CNC(=O)c1ccc(N)cc1NC1CC(=O)N(C)C1=O. The van der Waals surface area contributed by atoms with Crippen LogP contribution in [0.5, 0.6) is 0 Å². The van der Waals surface area contributed by atoms with E-state index in [0.29, 0.717) is 16.9 Å². The Bertz CT molecular complexity index is 585. The van der Waals surface area contributed by atoms with Crippen LogP contribution in [0.4, 0.5) is 11.4 Å². The molecule has 0 spiro atoms. The summed E-state index contributed by atoms with van der Waals surface area (Å²) in [5, 5.41) is 5.44. The Morgan fingerprint density at radius 2 is 2.10 bits per heavy atom. The summed E-state index contributed by atoms with van der Waals surface area (Å²) in [5.74, 6) is -0.865. The number of carbonyl (C=O) groups is 3. The second kappa shape index (κ2) is 5.20. The van der Waals surface area contributed by atoms with Crippen molar-refractivity contribution >= 4 is 29.1 Å². The number of nitrogens with zero attached hydrogens (tertiary/aromatic N) is 1. The lowest BCUT2D eigenvalue weighted by Gasteiger charge is -2.16. The number of likely N-dealkylation sites (N-methyl/N-ethyl adjacent to an activating group) is 1. The summed E-state index contributed by atoms with van der Waals surface area (Å²) in [4.78, 5) is 36.2. The van der Waals surface area contributed by atoms with Crippen molar-refractivity contribution in [1.82, 2.24) is 10.2 Å². The third kappa shape index (κ3) is 2.42. The van der Waals surface area contributed by atoms with Crippen LogP contribution in [-0.4, -0.2) is 42.8 Å². The van der Waals surface area contributed by atoms with Gasteiger partial charge in [-0.25, -0.2) is 0 Å². The van der Waals surface area contributed by atoms with Crippen LogP contribution in [0.2, 0.25) is 0 Å². The molecular weight excluding hydrogens is 260 g/mol. The van der Waals surface area contributed by atoms with E-state index >= 15 is 0 Å². The fraction of sp³-hybridized carbons (Fsp3) is 0.308. The highest BCUT2D eigenvalue weighted by Gasteiger charge is 2.36. The van der Waals surface area contributed by atoms with E-state index in [2.05, 4.69) is 10.6 Å². The van der Waals surface area contributed by atoms with Crippen molar-refractivity contribution in [2.75, 3.05) is 25.1 Å². The highest BCUT2D eigenvalue weighted by Crippen LogP contribution is 2.23. The topological polar surface area (TPSA) is 105 Å². The molecule has 1 aliphatic rings. The maximum atomic E-state index is 11.9. The van der Waals surface area contributed by atoms with Gasteiger partial charge >= 0.3 is 0 Å². The largest absolute Gasteiger partial charge is 0.399 e. The Kier molecular flexibility index (Phi) is 3.60. The van der Waals surface area contributed by atoms with Gasteiger partial charge in [-0.05, 0) is 18.2 Å². The lowest BCUT2D eigenvalue weighted by atomic mass is 10.1. The quantitative estimate of drug-likeness (QED) is 0.524. The molecule has 1 heterocycles. The number of hydrogen-bond donors (Lipinski definition) is 3. The number of amides is 3. The van der Waals surface area contributed by atoms with E-state index in [-0.39, 0.29) is 24.1 Å². The van der Waals surface area contributed by atoms with Gasteiger partial charge in [0.05, 0.1) is 12.0 Å². The number of rotatable bonds is 3. The van der Waals surface area contributed by atoms with E-state index in [1.54, 1.807) is 18.2 Å². The maximum Gasteiger partial charge on any atom is 0.253 e. The van der Waals surface area contributed by atoms with Crippen LogP contribution in [-0.2, 0) is 9.59 Å². The Morgan fingerprint density at radius 3 is 2.65 bits per heavy atom. The second-order valence-corrected chi connectivity index (χ2v) is 4.58. The van der Waals surface area contributed by atoms with Crippen molar-refractivity contribution in [3.8, 4) is 0 Å². The van der Waals surface area contributed by atoms with E-state index in [1.165, 1.54) is 14.1 Å². The summed E-state index contributed by atoms with van der Waals surface area (Å²) < 4.78 is 0. The molecule has 1 atom stereocenters. The molecule has 1 unspecified atom stereocenters. The van der Waals surface area contributed by atoms with Gasteiger partial charge in [-0.3, -0.25) is 19.3 Å². The minimum atomic E-state index is -0.669. The molecule has 0 saturated carbocycles. The molecule has 1 aromatic rings. The van der Waals surface area contributed by atoms with Gasteiger partial charge < -0.3 is 16.4 Å². The first-order valence-electron chi connectivity index (χ1n) is 6.12. The molecule has 1 fully saturated rings. The molecule has 4 N–H and O–H groups in total. The van der Waals surface area contributed by atoms with Crippen LogP contribution in [0.15, 0.2) is 18.2 Å². The first-order chi connectivity index (χ1) is 9.43. The van der Waals surface area contributed by atoms with Crippen molar-refractivity contribution in [2.45, 2.75) is 12.5 Å². The summed E-state index contributed by atoms with van der Waals surface area (Å²) in [6, 6.07) is 4.07. The van der Waals surface area contributed by atoms with Crippen molar-refractivity contribution in [2.24, 2.45) is 0 Å². The minimum absolute atomic E-state index is 0.0668. The van der Waals surface area contributed by atoms with E-state index in [9.17, 15) is 14.4 Å². The highest BCUT2D eigenvalue weighted by molar-refractivity contribution is 6.07. The Balaban J connectivity index is 2.29. The monoisotopic (exact) mass is 276 g/mol. The number of likely N-dealkylation sites (tertiary alicyclic amines) is 1. The van der Waals surface area contributed by atoms with Gasteiger partial charge in [0, 0.05) is 25.5 Å². The molecule has 0 aromatic heterocycles. The van der Waals surface area contributed by atoms with E-state index in [1.807, 2.05) is 0 Å². The molecule has 3 amide bonds. The molecule has 0 radical (unpaired) electrons. The van der Waals surface area contributed by atoms with Crippen LogP contribution < -0.4 is 16.4 Å². The van der Waals surface area contributed by atoms with Crippen LogP contribution in [0, 0.1) is 0 Å². The standard InChI is InChI=1S/C13H16N4O3/c1-15-12(19)8-4-3-7(14)5-9(8)16-10-6-11(18)17(2)13(10)20/h3-5,10,16H,6,14H2,1-2H3,(H,15,19). The third-order valence-corrected chi connectivity index (χ3v) is 3.23. The summed E-state index contributed by atoms with van der Waals surface area (Å²) in [6.45, 7) is 0. The van der Waals surface area contributed by atoms with Crippen LogP contribution >= 0.6 is 0 Å². The molecule has 2 rings (SSSR count). The van der Waals surface area contributed by atoms with Crippen molar-refractivity contribution in [3.05, 3.63) is 23.8 Å². The molecule has 1 aromatic carbocycles. The number of nitrogens with two attached hydrogens (primary N) is 1. The van der Waals surface area contributed by atoms with Crippen LogP contribution in [0.25, 0.3) is 0 Å². The first-order valence-corrected chi connectivity index (χ1v) is 6.12. The average molecular weight is 276 g/mol. The summed E-state index contributed by atoms with van der Waals surface area (Å²) in [7, 11) is 2.95. The molecule has 0 bridgehead atoms. The predicted octanol–water partition coefficient (Wildman–Crippen LogP) is -0.202. The fourth-order valence-corrected chi connectivity index (χ4v) is 2.07. The normalized spacial score (nSPS) is 18.3. The number of carbonyl (C=O) groups excluding carboxylic acids is 3. The molecule has 106 valence electrons. The summed E-state index contributed by atoms with van der Waals surface area (Å²) in [5.41, 5.74) is 6.97. The lowest BCUT2D eigenvalue weighted by molar-refractivity contribution is -0.136. The van der Waals surface area contributed by atoms with Crippen LogP contribution in [0.3, 0.4) is 0 Å². The maximum absolute atomic E-state index is 11.9. The lowest BCUT2D eigenvalue weighted by Crippen LogP contribution is -2.32. The zero-order valence-electron chi connectivity index (χ0n) is 11.3. The minimum Gasteiger partial charge on any atom is -0.399 e. The number of anilines is 2. The number of benzene rings is 1. The second-order valence-electron chi connectivity index (χ2n) is 4.58. The van der Waals surface area contributed by atoms with Crippen molar-refractivity contribution in [3.63, 3.8) is 0 Å². The smallest absolute Gasteiger partial charge is 0.253 e. The fourth-order valence-electron chi connectivity index (χ4n) is 2.07. The molecule has 20 heavy (non-hydrogen) atoms. The number of nitrogen functional groups attached to an aromatic ring is 1. The highest BCUT2D eigenvalue weighted by atomic mass is 16.2. The van der Waals surface area contributed by atoms with Crippen LogP contribution in [0.1, 0.15) is 16.8 Å². The Hall–Kier alpha value is -2.57. The predicted molar refractivity (Wildman–Crippen MR) is 74.0 cm³/mol. The van der Waals surface area contributed by atoms with E-state index in [0.717, 1.165) is 4.90 Å². The molecule has 1 saturated heterocycles. The first kappa shape index (κ1) is 13.9. The van der Waals surface area contributed by atoms with E-state index in [4.69, 9.17) is 5.73 Å². The summed E-state index contributed by atoms with van der Waals surface area (Å²) >= 11 is 0. The van der Waals surface area contributed by atoms with E-state index < -0.39 is 6.04 Å². The number of hydrogen-bond acceptors (Lipinski definition) is 5. The zero-order chi connectivity index (χ0) is 14.9. The van der Waals surface area contributed by atoms with Gasteiger partial charge in [-0.2, -0.15) is 0 Å². The summed E-state index contributed by atoms with van der Waals surface area (Å²) in [6.07, 6.45) is 0.0668. The molecular formula is C13H16N4O3. The molecule has 1 aliphatic heterocycles. The Labute approximate surface area is 116 Å². The molecule has 0 aliphatic carbocycles. The van der Waals surface area contributed by atoms with Crippen molar-refractivity contribution < 1.29 is 14.4 Å². The molecule has 7 heteroatoms. The van der Waals surface area contributed by atoms with Gasteiger partial charge in [0.15, 0.2) is 0 Å². The Morgan fingerprint density at radius 1 is 1.40 bits per heavy atom. The molecule has 7 nitrogen and oxygen atoms in total. The average Bonchev–Trinajstić information content (AvgIpc) is 2.66. The van der Waals surface area contributed by atoms with Crippen molar-refractivity contribution in [1.29, 1.82) is 0 Å². The zero-order valence-corrected chi connectivity index (χ0v) is 11.3. The number of nitrogens with one attached hydrogen (secondary N) is 2. The van der Waals surface area contributed by atoms with Gasteiger partial charge in [-0.1, -0.05) is 0 Å². The third-order valence-electron chi connectivity index (χ3n) is 3.23. The van der Waals surface area contributed by atoms with Gasteiger partial charge in [0.25, 0.3) is 11.8 Å². The van der Waals surface area contributed by atoms with Gasteiger partial charge in [0.1, 0.15) is 6.04 Å². The number of imide groups is 1. The van der Waals surface area contributed by atoms with Gasteiger partial charge in [-0.15, -0.1) is 0 Å². The van der Waals surface area contributed by atoms with Gasteiger partial charge in [0.2, 0.25) is 5.91 Å².